The van der Waals surface area contributed by atoms with Crippen LogP contribution in [0, 0.1) is 0 Å². The maximum atomic E-state index is 12.2. The van der Waals surface area contributed by atoms with Crippen LogP contribution < -0.4 is 5.32 Å². The maximum absolute atomic E-state index is 12.2. The lowest BCUT2D eigenvalue weighted by atomic mass is 10.1. The summed E-state index contributed by atoms with van der Waals surface area (Å²) in [6.45, 7) is 1.50. The number of imidazole rings is 1. The van der Waals surface area contributed by atoms with Gasteiger partial charge in [-0.2, -0.15) is 0 Å². The molecule has 2 heterocycles. The summed E-state index contributed by atoms with van der Waals surface area (Å²) in [5.74, 6) is 1.18. The van der Waals surface area contributed by atoms with Gasteiger partial charge in [-0.05, 0) is 43.3 Å². The molecule has 0 aliphatic rings. The van der Waals surface area contributed by atoms with Gasteiger partial charge < -0.3 is 14.3 Å². The monoisotopic (exact) mass is 355 g/mol. The Balaban J connectivity index is 1.60. The van der Waals surface area contributed by atoms with Crippen LogP contribution in [0.15, 0.2) is 58.4 Å². The normalized spacial score (nSPS) is 10.6. The van der Waals surface area contributed by atoms with E-state index in [9.17, 15) is 9.59 Å². The molecule has 1 amide bonds. The lowest BCUT2D eigenvalue weighted by Gasteiger charge is -2.04. The third kappa shape index (κ3) is 4.19. The van der Waals surface area contributed by atoms with Gasteiger partial charge in [-0.15, -0.1) is 0 Å². The Kier molecular flexibility index (Phi) is 5.04. The molecule has 6 nitrogen and oxygen atoms in total. The maximum Gasteiger partial charge on any atom is 0.291 e. The van der Waals surface area contributed by atoms with E-state index in [1.165, 1.54) is 18.7 Å². The van der Waals surface area contributed by atoms with E-state index in [0.717, 1.165) is 5.16 Å². The highest BCUT2D eigenvalue weighted by molar-refractivity contribution is 7.98. The number of Topliss-reactive ketones (excluding diaryl/α,β-unsaturated/α-hetero) is 1. The number of anilines is 1. The fraction of sp³-hybridized carbons (Fsp3) is 0.167. The Hall–Kier alpha value is -2.80. The smallest absolute Gasteiger partial charge is 0.291 e. The first-order valence-corrected chi connectivity index (χ1v) is 8.62. The van der Waals surface area contributed by atoms with Crippen molar-refractivity contribution in [3.05, 3.63) is 65.9 Å². The van der Waals surface area contributed by atoms with Crippen molar-refractivity contribution in [3.8, 4) is 0 Å². The molecule has 7 heteroatoms. The van der Waals surface area contributed by atoms with Crippen LogP contribution in [0.2, 0.25) is 0 Å². The SMILES string of the molecule is CC(=O)c1ccc(NC(=O)c2ccc(CSc3nccn3C)o2)cc1. The Morgan fingerprint density at radius 1 is 1.20 bits per heavy atom. The zero-order valence-corrected chi connectivity index (χ0v) is 14.7. The summed E-state index contributed by atoms with van der Waals surface area (Å²) in [6, 6.07) is 10.2. The molecule has 0 bridgehead atoms. The fourth-order valence-electron chi connectivity index (χ4n) is 2.19. The number of aryl methyl sites for hydroxylation is 1. The lowest BCUT2D eigenvalue weighted by Crippen LogP contribution is -2.10. The highest BCUT2D eigenvalue weighted by atomic mass is 32.2. The van der Waals surface area contributed by atoms with E-state index >= 15 is 0 Å². The van der Waals surface area contributed by atoms with E-state index in [-0.39, 0.29) is 17.5 Å². The number of carbonyl (C=O) groups excluding carboxylic acids is 2. The number of ketones is 1. The quantitative estimate of drug-likeness (QED) is 0.538. The second-order valence-corrected chi connectivity index (χ2v) is 6.41. The minimum absolute atomic E-state index is 0.0150. The van der Waals surface area contributed by atoms with Crippen LogP contribution in [0.3, 0.4) is 0 Å². The third-order valence-corrected chi connectivity index (χ3v) is 4.64. The number of benzene rings is 1. The summed E-state index contributed by atoms with van der Waals surface area (Å²) in [7, 11) is 1.92. The van der Waals surface area contributed by atoms with Gasteiger partial charge in [0.1, 0.15) is 5.76 Å². The topological polar surface area (TPSA) is 77.1 Å². The second kappa shape index (κ2) is 7.40. The number of hydrogen-bond acceptors (Lipinski definition) is 5. The van der Waals surface area contributed by atoms with E-state index in [2.05, 4.69) is 10.3 Å². The van der Waals surface area contributed by atoms with Gasteiger partial charge in [0.05, 0.1) is 5.75 Å². The molecule has 128 valence electrons. The van der Waals surface area contributed by atoms with Gasteiger partial charge in [0.25, 0.3) is 5.91 Å². The predicted molar refractivity (Wildman–Crippen MR) is 95.9 cm³/mol. The first-order valence-electron chi connectivity index (χ1n) is 7.64. The fourth-order valence-corrected chi connectivity index (χ4v) is 3.01. The average Bonchev–Trinajstić information content (AvgIpc) is 3.22. The number of aromatic nitrogens is 2. The number of rotatable bonds is 6. The largest absolute Gasteiger partial charge is 0.455 e. The molecule has 1 N–H and O–H groups in total. The van der Waals surface area contributed by atoms with Crippen molar-refractivity contribution in [3.63, 3.8) is 0 Å². The van der Waals surface area contributed by atoms with Gasteiger partial charge in [-0.25, -0.2) is 4.98 Å². The number of nitrogens with zero attached hydrogens (tertiary/aromatic N) is 2. The van der Waals surface area contributed by atoms with Gasteiger partial charge in [-0.3, -0.25) is 9.59 Å². The number of hydrogen-bond donors (Lipinski definition) is 1. The summed E-state index contributed by atoms with van der Waals surface area (Å²) in [5.41, 5.74) is 1.21. The van der Waals surface area contributed by atoms with Crippen molar-refractivity contribution < 1.29 is 14.0 Å². The number of amides is 1. The van der Waals surface area contributed by atoms with E-state index < -0.39 is 0 Å². The van der Waals surface area contributed by atoms with Crippen LogP contribution in [0.25, 0.3) is 0 Å². The Morgan fingerprint density at radius 3 is 2.60 bits per heavy atom. The summed E-state index contributed by atoms with van der Waals surface area (Å²) >= 11 is 1.53. The Morgan fingerprint density at radius 2 is 1.96 bits per heavy atom. The molecule has 0 aliphatic heterocycles. The van der Waals surface area contributed by atoms with Crippen LogP contribution in [-0.2, 0) is 12.8 Å². The van der Waals surface area contributed by atoms with Crippen molar-refractivity contribution in [2.75, 3.05) is 5.32 Å². The molecule has 0 unspecified atom stereocenters. The number of nitrogens with one attached hydrogen (secondary N) is 1. The molecule has 3 rings (SSSR count). The summed E-state index contributed by atoms with van der Waals surface area (Å²) in [4.78, 5) is 27.7. The minimum Gasteiger partial charge on any atom is -0.455 e. The number of thioether (sulfide) groups is 1. The van der Waals surface area contributed by atoms with Gasteiger partial charge in [0.15, 0.2) is 16.7 Å². The van der Waals surface area contributed by atoms with Gasteiger partial charge in [0, 0.05) is 30.7 Å². The Labute approximate surface area is 149 Å². The van der Waals surface area contributed by atoms with E-state index in [1.807, 2.05) is 17.8 Å². The highest BCUT2D eigenvalue weighted by Crippen LogP contribution is 2.22. The van der Waals surface area contributed by atoms with Crippen molar-refractivity contribution in [1.82, 2.24) is 9.55 Å². The van der Waals surface area contributed by atoms with E-state index in [0.29, 0.717) is 22.8 Å². The van der Waals surface area contributed by atoms with Crippen molar-refractivity contribution in [2.45, 2.75) is 17.8 Å². The van der Waals surface area contributed by atoms with Gasteiger partial charge in [0.2, 0.25) is 0 Å². The number of furan rings is 1. The first kappa shape index (κ1) is 17.0. The zero-order valence-electron chi connectivity index (χ0n) is 13.9. The van der Waals surface area contributed by atoms with Gasteiger partial charge >= 0.3 is 0 Å². The van der Waals surface area contributed by atoms with Gasteiger partial charge in [-0.1, -0.05) is 11.8 Å². The first-order chi connectivity index (χ1) is 12.0. The molecule has 2 aromatic heterocycles. The summed E-state index contributed by atoms with van der Waals surface area (Å²) < 4.78 is 7.52. The molecule has 0 saturated heterocycles. The molecule has 0 spiro atoms. The lowest BCUT2D eigenvalue weighted by molar-refractivity contribution is 0.0993. The molecular formula is C18H17N3O3S. The molecule has 25 heavy (non-hydrogen) atoms. The molecule has 1 aromatic carbocycles. The van der Waals surface area contributed by atoms with Crippen LogP contribution in [0.5, 0.6) is 0 Å². The average molecular weight is 355 g/mol. The minimum atomic E-state index is -0.330. The van der Waals surface area contributed by atoms with Crippen molar-refractivity contribution in [1.29, 1.82) is 0 Å². The second-order valence-electron chi connectivity index (χ2n) is 5.46. The molecule has 0 saturated carbocycles. The molecule has 0 fully saturated rings. The van der Waals surface area contributed by atoms with Crippen molar-refractivity contribution >= 4 is 29.1 Å². The van der Waals surface area contributed by atoms with E-state index in [1.54, 1.807) is 42.6 Å². The third-order valence-electron chi connectivity index (χ3n) is 3.56. The standard InChI is InChI=1S/C18H17N3O3S/c1-12(22)13-3-5-14(6-4-13)20-17(23)16-8-7-15(24-16)11-25-18-19-9-10-21(18)2/h3-10H,11H2,1-2H3,(H,20,23). The van der Waals surface area contributed by atoms with Crippen LogP contribution in [0.1, 0.15) is 33.6 Å². The van der Waals surface area contributed by atoms with Crippen LogP contribution in [0.4, 0.5) is 5.69 Å². The molecule has 3 aromatic rings. The Bertz CT molecular complexity index is 896. The summed E-state index contributed by atoms with van der Waals surface area (Å²) in [6.07, 6.45) is 3.61. The predicted octanol–water partition coefficient (Wildman–Crippen LogP) is 3.76. The van der Waals surface area contributed by atoms with Crippen LogP contribution in [-0.4, -0.2) is 21.2 Å². The molecule has 0 atom stereocenters. The van der Waals surface area contributed by atoms with E-state index in [4.69, 9.17) is 4.42 Å². The zero-order chi connectivity index (χ0) is 17.8. The summed E-state index contributed by atoms with van der Waals surface area (Å²) in [5, 5.41) is 3.63. The molecule has 0 radical (unpaired) electrons. The van der Waals surface area contributed by atoms with Crippen LogP contribution >= 0.6 is 11.8 Å². The van der Waals surface area contributed by atoms with Crippen molar-refractivity contribution in [2.24, 2.45) is 7.05 Å². The highest BCUT2D eigenvalue weighted by Gasteiger charge is 2.12. The molecular weight excluding hydrogens is 338 g/mol. The number of carbonyl (C=O) groups is 2. The molecule has 0 aliphatic carbocycles.